The molecular weight excluding hydrogens is 1390 g/mol. The average molecular weight is 1510 g/mol. The molecule has 0 spiro atoms. The van der Waals surface area contributed by atoms with Crippen molar-refractivity contribution in [3.05, 3.63) is 59.7 Å². The van der Waals surface area contributed by atoms with Gasteiger partial charge in [-0.2, -0.15) is 0 Å². The predicted molar refractivity (Wildman–Crippen MR) is 392 cm³/mol. The molecule has 0 aromatic heterocycles. The normalized spacial score (nSPS) is 22.0. The van der Waals surface area contributed by atoms with E-state index in [1.165, 1.54) is 74.2 Å². The maximum absolute atomic E-state index is 14.9. The number of primary amides is 1. The van der Waals surface area contributed by atoms with Crippen LogP contribution < -0.4 is 64.1 Å². The van der Waals surface area contributed by atoms with Crippen LogP contribution in [-0.2, 0) is 80.0 Å². The second kappa shape index (κ2) is 46.7. The summed E-state index contributed by atoms with van der Waals surface area (Å²) >= 11 is 0. The zero-order valence-corrected chi connectivity index (χ0v) is 62.8. The van der Waals surface area contributed by atoms with Gasteiger partial charge in [-0.15, -0.1) is 0 Å². The molecule has 3 heterocycles. The van der Waals surface area contributed by atoms with Crippen LogP contribution in [0.4, 0.5) is 0 Å². The van der Waals surface area contributed by atoms with Gasteiger partial charge in [-0.1, -0.05) is 136 Å². The third kappa shape index (κ3) is 32.0. The number of carboxylic acid groups (broad SMARTS) is 2. The van der Waals surface area contributed by atoms with Crippen molar-refractivity contribution >= 4 is 82.9 Å². The first kappa shape index (κ1) is 90.1. The van der Waals surface area contributed by atoms with E-state index in [0.717, 1.165) is 49.8 Å². The average Bonchev–Trinajstić information content (AvgIpc) is 1.76. The summed E-state index contributed by atoms with van der Waals surface area (Å²) in [7, 11) is 0. The number of nitrogens with two attached hydrogens (primary N) is 2. The number of carbonyl (C=O) groups excluding carboxylic acids is 12. The summed E-state index contributed by atoms with van der Waals surface area (Å²) in [4.78, 5) is 196. The van der Waals surface area contributed by atoms with E-state index in [0.29, 0.717) is 24.8 Å². The third-order valence-corrected chi connectivity index (χ3v) is 19.4. The number of aliphatic carboxylic acids is 2. The molecule has 32 nitrogen and oxygen atoms in total. The Labute approximate surface area is 625 Å². The lowest BCUT2D eigenvalue weighted by Crippen LogP contribution is -2.62. The lowest BCUT2D eigenvalue weighted by Gasteiger charge is -2.32. The highest BCUT2D eigenvalue weighted by Gasteiger charge is 2.43. The lowest BCUT2D eigenvalue weighted by molar-refractivity contribution is -0.144. The summed E-state index contributed by atoms with van der Waals surface area (Å²) in [5.41, 5.74) is 12.1. The van der Waals surface area contributed by atoms with Gasteiger partial charge < -0.3 is 94.5 Å². The Morgan fingerprint density at radius 1 is 0.589 bits per heavy atom. The number of nitrogens with one attached hydrogen (secondary N) is 9. The molecule has 5 rings (SSSR count). The molecule has 1 fully saturated rings. The van der Waals surface area contributed by atoms with Crippen LogP contribution in [0.15, 0.2) is 48.5 Å². The molecule has 2 aromatic carbocycles. The van der Waals surface area contributed by atoms with Gasteiger partial charge in [0.2, 0.25) is 65.0 Å². The van der Waals surface area contributed by atoms with Crippen LogP contribution in [-0.4, -0.2) is 199 Å². The molecule has 0 radical (unpaired) electrons. The smallest absolute Gasteiger partial charge is 0.334 e. The number of aliphatic hydroxyl groups excluding tert-OH is 2. The number of unbranched alkanes of at least 4 members (excludes halogenated alkanes) is 7. The highest BCUT2D eigenvalue weighted by atomic mass is 16.5. The molecule has 1 saturated heterocycles. The Morgan fingerprint density at radius 3 is 1.72 bits per heavy atom. The molecule has 11 amide bonds. The maximum Gasteiger partial charge on any atom is 0.334 e. The van der Waals surface area contributed by atoms with E-state index in [1.54, 1.807) is 27.7 Å². The highest BCUT2D eigenvalue weighted by molar-refractivity contribution is 6.00. The first-order valence-corrected chi connectivity index (χ1v) is 37.6. The van der Waals surface area contributed by atoms with Crippen molar-refractivity contribution in [2.45, 2.75) is 282 Å². The number of phenolic OH excluding ortho intramolecular Hbond substituents is 1. The van der Waals surface area contributed by atoms with Crippen molar-refractivity contribution in [1.29, 1.82) is 0 Å². The molecule has 3 aliphatic rings. The van der Waals surface area contributed by atoms with Crippen molar-refractivity contribution < 1.29 is 97.4 Å². The van der Waals surface area contributed by atoms with Gasteiger partial charge in [-0.25, -0.2) is 4.79 Å². The summed E-state index contributed by atoms with van der Waals surface area (Å²) in [6.07, 6.45) is 3.99. The molecule has 32 heteroatoms. The monoisotopic (exact) mass is 1500 g/mol. The van der Waals surface area contributed by atoms with Crippen molar-refractivity contribution in [3.8, 4) is 11.5 Å². The van der Waals surface area contributed by atoms with Crippen LogP contribution in [0, 0.1) is 17.8 Å². The van der Waals surface area contributed by atoms with Crippen molar-refractivity contribution in [3.63, 3.8) is 0 Å². The minimum Gasteiger partial charge on any atom is -0.508 e. The van der Waals surface area contributed by atoms with Crippen molar-refractivity contribution in [2.24, 2.45) is 29.2 Å². The Kier molecular flexibility index (Phi) is 39.3. The number of phenols is 1. The molecular formula is C75H116N12O20. The second-order valence-corrected chi connectivity index (χ2v) is 28.7. The van der Waals surface area contributed by atoms with E-state index in [2.05, 4.69) is 61.7 Å². The molecule has 0 saturated carbocycles. The molecule has 2 bridgehead atoms. The molecule has 0 aliphatic carbocycles. The van der Waals surface area contributed by atoms with Gasteiger partial charge in [0, 0.05) is 38.6 Å². The second-order valence-electron chi connectivity index (χ2n) is 28.7. The molecule has 596 valence electrons. The van der Waals surface area contributed by atoms with Crippen LogP contribution in [0.2, 0.25) is 0 Å². The van der Waals surface area contributed by atoms with E-state index < -0.39 is 219 Å². The number of aliphatic hydroxyl groups is 2. The number of hydrogen-bond acceptors (Lipinski definition) is 19. The first-order chi connectivity index (χ1) is 50.7. The Bertz CT molecular complexity index is 3280. The van der Waals surface area contributed by atoms with E-state index in [4.69, 9.17) is 16.2 Å². The zero-order chi connectivity index (χ0) is 79.4. The number of rotatable bonds is 37. The quantitative estimate of drug-likeness (QED) is 0.0199. The van der Waals surface area contributed by atoms with Gasteiger partial charge >= 0.3 is 17.9 Å². The Morgan fingerprint density at radius 2 is 1.14 bits per heavy atom. The van der Waals surface area contributed by atoms with Gasteiger partial charge in [-0.05, 0) is 118 Å². The summed E-state index contributed by atoms with van der Waals surface area (Å²) < 4.78 is 5.84. The number of benzene rings is 2. The summed E-state index contributed by atoms with van der Waals surface area (Å²) in [6, 6.07) is -4.88. The third-order valence-electron chi connectivity index (χ3n) is 19.4. The van der Waals surface area contributed by atoms with Crippen LogP contribution in [0.5, 0.6) is 11.5 Å². The Balaban J connectivity index is 1.77. The minimum absolute atomic E-state index is 0.0236. The summed E-state index contributed by atoms with van der Waals surface area (Å²) in [5.74, 6) is -15.4. The maximum atomic E-state index is 14.9. The number of hydrogen-bond donors (Lipinski definition) is 16. The SMILES string of the molecule is CCC(C)CCCCCCCCCCC(O)CC(=O)NC(CCC(=O)O)C(=O)NC(CCCN)C(=O)NC1Cc2ccc(cc2)OC(=O)C(C(C)CC)NC(=O)C(Cc2ccc(O)cc2)NC(=O)C(CCC(N)=O)NC(=O)C2CCCN2C(=O)C(C(C)C)NC(=O)C(CCC(=O)O)NC(=O)C(C(C)O)NC1=O. The van der Waals surface area contributed by atoms with E-state index in [1.807, 2.05) is 0 Å². The number of nitrogens with zero attached hydrogens (tertiary/aromatic N) is 1. The summed E-state index contributed by atoms with van der Waals surface area (Å²) in [6.45, 7) is 12.0. The van der Waals surface area contributed by atoms with Crippen LogP contribution in [0.1, 0.15) is 207 Å². The van der Waals surface area contributed by atoms with Crippen molar-refractivity contribution in [2.75, 3.05) is 13.1 Å². The number of fused-ring (bicyclic) bond motifs is 23. The predicted octanol–water partition coefficient (Wildman–Crippen LogP) is 1.97. The number of ether oxygens (including phenoxy) is 1. The fraction of sp³-hybridized carbons (Fsp3) is 0.653. The van der Waals surface area contributed by atoms with Crippen LogP contribution in [0.3, 0.4) is 0 Å². The number of carboxylic acids is 2. The number of aromatic hydroxyl groups is 1. The topological polar surface area (TPSA) is 513 Å². The van der Waals surface area contributed by atoms with Crippen LogP contribution in [0.25, 0.3) is 0 Å². The van der Waals surface area contributed by atoms with E-state index in [9.17, 15) is 92.7 Å². The van der Waals surface area contributed by atoms with Gasteiger partial charge in [0.25, 0.3) is 0 Å². The highest BCUT2D eigenvalue weighted by Crippen LogP contribution is 2.24. The molecule has 14 atom stereocenters. The van der Waals surface area contributed by atoms with Crippen LogP contribution >= 0.6 is 0 Å². The van der Waals surface area contributed by atoms with Gasteiger partial charge in [0.05, 0.1) is 18.6 Å². The molecule has 107 heavy (non-hydrogen) atoms. The molecule has 2 aromatic rings. The largest absolute Gasteiger partial charge is 0.508 e. The standard InChI is InChI=1S/C75H116N12O20/c1-8-44(5)20-16-14-12-10-11-13-15-17-21-50(90)42-60(92)78-53(33-36-61(93)94)67(98)79-52(22-18-38-76)66(97)82-57-41-48-26-30-51(31-27-48)107-75(106)64(45(6)9-2)85-70(101)56(40-47-24-28-49(89)29-25-47)83-68(99)54(32-35-59(77)91)80-72(103)58-23-19-39-87(58)74(105)63(43(3)4)84-69(100)55(34-37-62(95)96)81-73(104)65(46(7)88)86-71(57)102/h24-31,43-46,50,52-58,63-65,88-90H,8-23,32-42,76H2,1-7H3,(H2,77,91)(H,78,92)(H,79,98)(H,80,103)(H,81,104)(H,82,97)(H,83,99)(H,84,100)(H,85,101)(H,86,102)(H,93,94)(H,95,96). The molecule has 18 N–H and O–H groups in total. The number of carbonyl (C=O) groups is 14. The Hall–Kier alpha value is -9.30. The fourth-order valence-corrected chi connectivity index (χ4v) is 12.5. The summed E-state index contributed by atoms with van der Waals surface area (Å²) in [5, 5.41) is 74.6. The minimum atomic E-state index is -1.99. The van der Waals surface area contributed by atoms with Crippen molar-refractivity contribution in [1.82, 2.24) is 52.8 Å². The fourth-order valence-electron chi connectivity index (χ4n) is 12.5. The van der Waals surface area contributed by atoms with Gasteiger partial charge in [0.15, 0.2) is 0 Å². The first-order valence-electron chi connectivity index (χ1n) is 37.6. The van der Waals surface area contributed by atoms with E-state index >= 15 is 0 Å². The zero-order valence-electron chi connectivity index (χ0n) is 62.8. The van der Waals surface area contributed by atoms with E-state index in [-0.39, 0.29) is 62.3 Å². The van der Waals surface area contributed by atoms with Gasteiger partial charge in [-0.3, -0.25) is 62.3 Å². The number of esters is 1. The molecule has 14 unspecified atom stereocenters. The lowest BCUT2D eigenvalue weighted by atomic mass is 9.97. The molecule has 3 aliphatic heterocycles. The van der Waals surface area contributed by atoms with Gasteiger partial charge in [0.1, 0.15) is 71.9 Å². The number of amides is 11.